The number of hydrogen-bond acceptors (Lipinski definition) is 9. The first-order valence-corrected chi connectivity index (χ1v) is 8.88. The maximum atomic E-state index is 10.9. The van der Waals surface area contributed by atoms with Crippen molar-refractivity contribution < 1.29 is 19.8 Å². The van der Waals surface area contributed by atoms with Crippen LogP contribution in [-0.4, -0.2) is 49.8 Å². The molecule has 0 spiro atoms. The van der Waals surface area contributed by atoms with Crippen LogP contribution < -0.4 is 10.9 Å². The van der Waals surface area contributed by atoms with Crippen molar-refractivity contribution in [3.05, 3.63) is 76.5 Å². The molecule has 1 aromatic heterocycles. The number of anilines is 2. The summed E-state index contributed by atoms with van der Waals surface area (Å²) in [5.74, 6) is -1.51. The van der Waals surface area contributed by atoms with Crippen molar-refractivity contribution in [1.29, 1.82) is 0 Å². The van der Waals surface area contributed by atoms with Gasteiger partial charge in [-0.3, -0.25) is 5.43 Å². The number of aryl methyl sites for hydroxylation is 1. The summed E-state index contributed by atoms with van der Waals surface area (Å²) in [5, 5.41) is 33.8. The van der Waals surface area contributed by atoms with E-state index in [0.29, 0.717) is 22.6 Å². The second kappa shape index (κ2) is 9.69. The number of hydrazone groups is 2. The highest BCUT2D eigenvalue weighted by atomic mass is 16.4. The van der Waals surface area contributed by atoms with Gasteiger partial charge < -0.3 is 10.2 Å². The number of carboxylic acids is 2. The normalized spacial score (nSPS) is 11.0. The molecule has 0 unspecified atom stereocenters. The van der Waals surface area contributed by atoms with Crippen LogP contribution in [0.3, 0.4) is 0 Å². The second-order valence-corrected chi connectivity index (χ2v) is 6.16. The van der Waals surface area contributed by atoms with Gasteiger partial charge in [0.15, 0.2) is 5.82 Å². The summed E-state index contributed by atoms with van der Waals surface area (Å²) in [6.45, 7) is 1.70. The zero-order valence-electron chi connectivity index (χ0n) is 16.2. The van der Waals surface area contributed by atoms with Crippen molar-refractivity contribution in [2.75, 3.05) is 10.9 Å². The lowest BCUT2D eigenvalue weighted by Gasteiger charge is -2.04. The lowest BCUT2D eigenvalue weighted by molar-refractivity contribution is 0.0686. The standard InChI is InChI=1S/C20H17N7O4/c1-12-17(25-21-10-13-2-6-15(7-3-13)18(28)29)23-20(27-24-12)26-22-11-14-4-8-16(9-5-14)19(30)31/h2-11H,1H3,(H,28,29)(H,30,31)(H2,23,25,26,27)/b21-10+,22-11+. The van der Waals surface area contributed by atoms with Crippen LogP contribution in [0.15, 0.2) is 58.7 Å². The predicted molar refractivity (Wildman–Crippen MR) is 114 cm³/mol. The lowest BCUT2D eigenvalue weighted by Crippen LogP contribution is -2.05. The molecular formula is C20H17N7O4. The minimum Gasteiger partial charge on any atom is -0.478 e. The van der Waals surface area contributed by atoms with Crippen molar-refractivity contribution in [1.82, 2.24) is 15.2 Å². The van der Waals surface area contributed by atoms with Gasteiger partial charge in [0.1, 0.15) is 5.69 Å². The van der Waals surface area contributed by atoms with Crippen molar-refractivity contribution in [2.24, 2.45) is 10.2 Å². The van der Waals surface area contributed by atoms with E-state index in [2.05, 4.69) is 36.2 Å². The molecule has 0 aliphatic heterocycles. The second-order valence-electron chi connectivity index (χ2n) is 6.16. The number of aromatic nitrogens is 3. The molecule has 1 heterocycles. The molecule has 0 atom stereocenters. The van der Waals surface area contributed by atoms with E-state index in [1.54, 1.807) is 31.2 Å². The average Bonchev–Trinajstić information content (AvgIpc) is 2.76. The van der Waals surface area contributed by atoms with E-state index in [1.165, 1.54) is 36.7 Å². The molecule has 156 valence electrons. The van der Waals surface area contributed by atoms with Gasteiger partial charge in [-0.05, 0) is 42.3 Å². The van der Waals surface area contributed by atoms with E-state index in [1.807, 2.05) is 0 Å². The summed E-state index contributed by atoms with van der Waals surface area (Å²) < 4.78 is 0. The summed E-state index contributed by atoms with van der Waals surface area (Å²) in [4.78, 5) is 26.0. The van der Waals surface area contributed by atoms with E-state index in [9.17, 15) is 9.59 Å². The largest absolute Gasteiger partial charge is 0.478 e. The zero-order valence-corrected chi connectivity index (χ0v) is 16.2. The van der Waals surface area contributed by atoms with Crippen LogP contribution in [0.25, 0.3) is 0 Å². The highest BCUT2D eigenvalue weighted by molar-refractivity contribution is 5.90. The maximum Gasteiger partial charge on any atom is 0.335 e. The van der Waals surface area contributed by atoms with E-state index >= 15 is 0 Å². The van der Waals surface area contributed by atoms with E-state index in [-0.39, 0.29) is 17.1 Å². The summed E-state index contributed by atoms with van der Waals surface area (Å²) in [6, 6.07) is 12.4. The minimum absolute atomic E-state index is 0.132. The van der Waals surface area contributed by atoms with Crippen LogP contribution >= 0.6 is 0 Å². The van der Waals surface area contributed by atoms with Crippen LogP contribution in [-0.2, 0) is 0 Å². The van der Waals surface area contributed by atoms with Crippen LogP contribution in [0.4, 0.5) is 11.8 Å². The third kappa shape index (κ3) is 5.90. The highest BCUT2D eigenvalue weighted by Gasteiger charge is 2.05. The molecule has 0 fully saturated rings. The quantitative estimate of drug-likeness (QED) is 0.317. The third-order valence-electron chi connectivity index (χ3n) is 3.93. The van der Waals surface area contributed by atoms with Crippen LogP contribution in [0, 0.1) is 6.92 Å². The number of carbonyl (C=O) groups is 2. The molecule has 11 heteroatoms. The lowest BCUT2D eigenvalue weighted by atomic mass is 10.1. The fourth-order valence-corrected chi connectivity index (χ4v) is 2.29. The van der Waals surface area contributed by atoms with Gasteiger partial charge in [-0.2, -0.15) is 15.2 Å². The molecular weight excluding hydrogens is 402 g/mol. The van der Waals surface area contributed by atoms with Gasteiger partial charge in [0.2, 0.25) is 0 Å². The molecule has 11 nitrogen and oxygen atoms in total. The van der Waals surface area contributed by atoms with Gasteiger partial charge in [0.25, 0.3) is 5.95 Å². The van der Waals surface area contributed by atoms with Gasteiger partial charge in [0.05, 0.1) is 23.6 Å². The first-order valence-electron chi connectivity index (χ1n) is 8.88. The number of nitrogens with one attached hydrogen (secondary N) is 2. The number of benzene rings is 2. The number of rotatable bonds is 8. The molecule has 0 saturated carbocycles. The molecule has 0 amide bonds. The highest BCUT2D eigenvalue weighted by Crippen LogP contribution is 2.10. The molecule has 4 N–H and O–H groups in total. The molecule has 3 aromatic rings. The zero-order chi connectivity index (χ0) is 22.2. The topological polar surface area (TPSA) is 162 Å². The van der Waals surface area contributed by atoms with Gasteiger partial charge in [0, 0.05) is 0 Å². The Morgan fingerprint density at radius 1 is 0.806 bits per heavy atom. The Hall–Kier alpha value is -4.67. The summed E-state index contributed by atoms with van der Waals surface area (Å²) >= 11 is 0. The first kappa shape index (κ1) is 21.0. The summed E-state index contributed by atoms with van der Waals surface area (Å²) in [5.41, 5.74) is 7.68. The molecule has 0 bridgehead atoms. The number of carboxylic acid groups (broad SMARTS) is 2. The van der Waals surface area contributed by atoms with E-state index < -0.39 is 11.9 Å². The van der Waals surface area contributed by atoms with Crippen molar-refractivity contribution in [3.8, 4) is 0 Å². The Morgan fingerprint density at radius 2 is 1.29 bits per heavy atom. The molecule has 3 rings (SSSR count). The Balaban J connectivity index is 1.61. The Bertz CT molecular complexity index is 1140. The summed E-state index contributed by atoms with van der Waals surface area (Å²) in [6.07, 6.45) is 3.00. The van der Waals surface area contributed by atoms with E-state index in [0.717, 1.165) is 0 Å². The first-order chi connectivity index (χ1) is 14.9. The van der Waals surface area contributed by atoms with Crippen molar-refractivity contribution in [2.45, 2.75) is 6.92 Å². The fourth-order valence-electron chi connectivity index (χ4n) is 2.29. The fraction of sp³-hybridized carbons (Fsp3) is 0.0500. The van der Waals surface area contributed by atoms with Crippen molar-refractivity contribution >= 4 is 36.1 Å². The molecule has 0 radical (unpaired) electrons. The number of aromatic carboxylic acids is 2. The molecule has 2 aromatic carbocycles. The van der Waals surface area contributed by atoms with Crippen molar-refractivity contribution in [3.63, 3.8) is 0 Å². The third-order valence-corrected chi connectivity index (χ3v) is 3.93. The van der Waals surface area contributed by atoms with Gasteiger partial charge in [-0.15, -0.1) is 10.2 Å². The Labute approximate surface area is 176 Å². The molecule has 0 aliphatic rings. The van der Waals surface area contributed by atoms with Crippen LogP contribution in [0.2, 0.25) is 0 Å². The molecule has 0 aliphatic carbocycles. The van der Waals surface area contributed by atoms with Gasteiger partial charge in [-0.1, -0.05) is 24.3 Å². The monoisotopic (exact) mass is 419 g/mol. The maximum absolute atomic E-state index is 10.9. The van der Waals surface area contributed by atoms with Gasteiger partial charge in [-0.25, -0.2) is 15.0 Å². The van der Waals surface area contributed by atoms with Crippen LogP contribution in [0.5, 0.6) is 0 Å². The minimum atomic E-state index is -0.999. The Kier molecular flexibility index (Phi) is 6.58. The number of hydrogen-bond donors (Lipinski definition) is 4. The molecule has 31 heavy (non-hydrogen) atoms. The average molecular weight is 419 g/mol. The SMILES string of the molecule is Cc1nnc(N/N=C/c2ccc(C(=O)O)cc2)nc1N/N=C/c1ccc(C(=O)O)cc1. The van der Waals surface area contributed by atoms with Gasteiger partial charge >= 0.3 is 11.9 Å². The van der Waals surface area contributed by atoms with Crippen LogP contribution in [0.1, 0.15) is 37.5 Å². The smallest absolute Gasteiger partial charge is 0.335 e. The van der Waals surface area contributed by atoms with E-state index in [4.69, 9.17) is 10.2 Å². The Morgan fingerprint density at radius 3 is 1.77 bits per heavy atom. The summed E-state index contributed by atoms with van der Waals surface area (Å²) in [7, 11) is 0. The molecule has 0 saturated heterocycles. The number of nitrogens with zero attached hydrogens (tertiary/aromatic N) is 5. The predicted octanol–water partition coefficient (Wildman–Crippen LogP) is 2.47.